The smallest absolute Gasteiger partial charge is 0.306 e. The van der Waals surface area contributed by atoms with Gasteiger partial charge in [-0.2, -0.15) is 0 Å². The molecule has 0 bridgehead atoms. The maximum atomic E-state index is 11.4. The first-order chi connectivity index (χ1) is 8.04. The molecule has 1 aromatic rings. The lowest BCUT2D eigenvalue weighted by molar-refractivity contribution is -0.145. The van der Waals surface area contributed by atoms with E-state index in [4.69, 9.17) is 33.7 Å². The van der Waals surface area contributed by atoms with Gasteiger partial charge in [-0.25, -0.2) is 4.98 Å². The van der Waals surface area contributed by atoms with Crippen LogP contribution in [0.1, 0.15) is 18.4 Å². The largest absolute Gasteiger partial charge is 0.461 e. The van der Waals surface area contributed by atoms with Crippen LogP contribution in [0.2, 0.25) is 10.3 Å². The van der Waals surface area contributed by atoms with Gasteiger partial charge in [0.2, 0.25) is 0 Å². The standard InChI is InChI=1S/C11H12Cl2N2O2/c12-9-1-6(2-10(13)15-9)5-17-11(16)4-7-3-8(7)14/h1-2,7-8H,3-5,14H2/t7-,8-/m0/s1. The molecule has 6 heteroatoms. The number of carbonyl (C=O) groups is 1. The van der Waals surface area contributed by atoms with Crippen molar-refractivity contribution >= 4 is 29.2 Å². The molecule has 2 N–H and O–H groups in total. The van der Waals surface area contributed by atoms with E-state index < -0.39 is 0 Å². The van der Waals surface area contributed by atoms with Gasteiger partial charge in [-0.1, -0.05) is 23.2 Å². The highest BCUT2D eigenvalue weighted by atomic mass is 35.5. The summed E-state index contributed by atoms with van der Waals surface area (Å²) < 4.78 is 5.10. The third-order valence-electron chi connectivity index (χ3n) is 2.63. The van der Waals surface area contributed by atoms with Crippen LogP contribution < -0.4 is 5.73 Å². The Bertz CT molecular complexity index is 419. The summed E-state index contributed by atoms with van der Waals surface area (Å²) in [4.78, 5) is 15.2. The highest BCUT2D eigenvalue weighted by Gasteiger charge is 2.35. The van der Waals surface area contributed by atoms with Crippen LogP contribution in [-0.2, 0) is 16.1 Å². The Morgan fingerprint density at radius 3 is 2.59 bits per heavy atom. The van der Waals surface area contributed by atoms with E-state index in [0.29, 0.717) is 6.42 Å². The average molecular weight is 275 g/mol. The van der Waals surface area contributed by atoms with Crippen molar-refractivity contribution in [3.63, 3.8) is 0 Å². The summed E-state index contributed by atoms with van der Waals surface area (Å²) in [5.74, 6) is 0.0409. The summed E-state index contributed by atoms with van der Waals surface area (Å²) in [6.07, 6.45) is 1.29. The van der Waals surface area contributed by atoms with E-state index in [1.54, 1.807) is 12.1 Å². The van der Waals surface area contributed by atoms with Crippen molar-refractivity contribution in [3.05, 3.63) is 28.0 Å². The van der Waals surface area contributed by atoms with Crippen molar-refractivity contribution in [2.24, 2.45) is 11.7 Å². The molecule has 1 aliphatic carbocycles. The van der Waals surface area contributed by atoms with Crippen molar-refractivity contribution in [2.45, 2.75) is 25.5 Å². The predicted octanol–water partition coefficient (Wildman–Crippen LogP) is 2.17. The lowest BCUT2D eigenvalue weighted by atomic mass is 10.3. The first kappa shape index (κ1) is 12.6. The molecule has 0 unspecified atom stereocenters. The Labute approximate surface area is 109 Å². The number of hydrogen-bond donors (Lipinski definition) is 1. The Morgan fingerprint density at radius 1 is 1.47 bits per heavy atom. The molecule has 2 rings (SSSR count). The van der Waals surface area contributed by atoms with Crippen molar-refractivity contribution in [1.29, 1.82) is 0 Å². The van der Waals surface area contributed by atoms with E-state index in [1.807, 2.05) is 0 Å². The van der Waals surface area contributed by atoms with Gasteiger partial charge in [0.05, 0.1) is 0 Å². The SMILES string of the molecule is N[C@H]1C[C@H]1CC(=O)OCc1cc(Cl)nc(Cl)c1. The average Bonchev–Trinajstić information content (AvgIpc) is 2.90. The summed E-state index contributed by atoms with van der Waals surface area (Å²) in [6, 6.07) is 3.39. The van der Waals surface area contributed by atoms with E-state index in [1.165, 1.54) is 0 Å². The number of carbonyl (C=O) groups excluding carboxylic acids is 1. The molecule has 0 radical (unpaired) electrons. The number of pyridine rings is 1. The summed E-state index contributed by atoms with van der Waals surface area (Å²) >= 11 is 11.5. The lowest BCUT2D eigenvalue weighted by Gasteiger charge is -2.05. The van der Waals surface area contributed by atoms with E-state index in [2.05, 4.69) is 4.98 Å². The molecular weight excluding hydrogens is 263 g/mol. The predicted molar refractivity (Wildman–Crippen MR) is 64.8 cm³/mol. The minimum Gasteiger partial charge on any atom is -0.461 e. The lowest BCUT2D eigenvalue weighted by Crippen LogP contribution is -2.09. The van der Waals surface area contributed by atoms with E-state index >= 15 is 0 Å². The number of hydrogen-bond acceptors (Lipinski definition) is 4. The zero-order valence-corrected chi connectivity index (χ0v) is 10.5. The highest BCUT2D eigenvalue weighted by molar-refractivity contribution is 6.32. The molecule has 92 valence electrons. The van der Waals surface area contributed by atoms with Gasteiger partial charge in [0.15, 0.2) is 0 Å². The summed E-state index contributed by atoms with van der Waals surface area (Å²) in [6.45, 7) is 0.156. The molecule has 4 nitrogen and oxygen atoms in total. The van der Waals surface area contributed by atoms with Gasteiger partial charge < -0.3 is 10.5 Å². The minimum atomic E-state index is -0.244. The second-order valence-corrected chi connectivity index (χ2v) is 4.92. The van der Waals surface area contributed by atoms with Gasteiger partial charge >= 0.3 is 5.97 Å². The molecule has 1 aliphatic rings. The van der Waals surface area contributed by atoms with Gasteiger partial charge in [0.1, 0.15) is 16.9 Å². The van der Waals surface area contributed by atoms with Crippen molar-refractivity contribution in [2.75, 3.05) is 0 Å². The fraction of sp³-hybridized carbons (Fsp3) is 0.455. The molecule has 0 amide bonds. The number of nitrogens with zero attached hydrogens (tertiary/aromatic N) is 1. The van der Waals surface area contributed by atoms with Gasteiger partial charge in [0.25, 0.3) is 0 Å². The van der Waals surface area contributed by atoms with Gasteiger partial charge in [0, 0.05) is 12.5 Å². The maximum absolute atomic E-state index is 11.4. The topological polar surface area (TPSA) is 65.2 Å². The molecule has 0 saturated heterocycles. The normalized spacial score (nSPS) is 22.3. The van der Waals surface area contributed by atoms with Crippen LogP contribution in [0.25, 0.3) is 0 Å². The number of halogens is 2. The first-order valence-corrected chi connectivity index (χ1v) is 6.03. The fourth-order valence-electron chi connectivity index (χ4n) is 1.54. The van der Waals surface area contributed by atoms with Crippen molar-refractivity contribution in [3.8, 4) is 0 Å². The third kappa shape index (κ3) is 3.84. The third-order valence-corrected chi connectivity index (χ3v) is 3.02. The van der Waals surface area contributed by atoms with Crippen LogP contribution in [0, 0.1) is 5.92 Å². The highest BCUT2D eigenvalue weighted by Crippen LogP contribution is 2.31. The second-order valence-electron chi connectivity index (χ2n) is 4.15. The summed E-state index contributed by atoms with van der Waals surface area (Å²) in [7, 11) is 0. The Balaban J connectivity index is 1.82. The molecule has 1 fully saturated rings. The van der Waals surface area contributed by atoms with Crippen LogP contribution in [0.4, 0.5) is 0 Å². The maximum Gasteiger partial charge on any atom is 0.306 e. The Kier molecular flexibility index (Phi) is 3.86. The van der Waals surface area contributed by atoms with Crippen LogP contribution in [0.3, 0.4) is 0 Å². The molecule has 1 heterocycles. The molecule has 1 saturated carbocycles. The van der Waals surface area contributed by atoms with Crippen molar-refractivity contribution < 1.29 is 9.53 Å². The number of nitrogens with two attached hydrogens (primary N) is 1. The fourth-order valence-corrected chi connectivity index (χ4v) is 2.05. The zero-order valence-electron chi connectivity index (χ0n) is 9.03. The van der Waals surface area contributed by atoms with Crippen molar-refractivity contribution in [1.82, 2.24) is 4.98 Å². The Hall–Kier alpha value is -0.840. The quantitative estimate of drug-likeness (QED) is 0.675. The van der Waals surface area contributed by atoms with E-state index in [9.17, 15) is 4.79 Å². The monoisotopic (exact) mass is 274 g/mol. The van der Waals surface area contributed by atoms with Crippen LogP contribution >= 0.6 is 23.2 Å². The number of rotatable bonds is 4. The van der Waals surface area contributed by atoms with Gasteiger partial charge in [-0.05, 0) is 30.0 Å². The number of ether oxygens (including phenoxy) is 1. The molecule has 17 heavy (non-hydrogen) atoms. The summed E-state index contributed by atoms with van der Waals surface area (Å²) in [5, 5.41) is 0.570. The van der Waals surface area contributed by atoms with Crippen LogP contribution in [0.15, 0.2) is 12.1 Å². The van der Waals surface area contributed by atoms with E-state index in [-0.39, 0.29) is 34.8 Å². The second kappa shape index (κ2) is 5.21. The van der Waals surface area contributed by atoms with Gasteiger partial charge in [-0.15, -0.1) is 0 Å². The number of aromatic nitrogens is 1. The molecule has 1 aromatic heterocycles. The molecular formula is C11H12Cl2N2O2. The minimum absolute atomic E-state index is 0.156. The van der Waals surface area contributed by atoms with Crippen LogP contribution in [-0.4, -0.2) is 17.0 Å². The molecule has 2 atom stereocenters. The zero-order chi connectivity index (χ0) is 12.4. The molecule has 0 aliphatic heterocycles. The summed E-state index contributed by atoms with van der Waals surface area (Å²) in [5.41, 5.74) is 6.34. The first-order valence-electron chi connectivity index (χ1n) is 5.28. The number of esters is 1. The van der Waals surface area contributed by atoms with E-state index in [0.717, 1.165) is 12.0 Å². The Morgan fingerprint density at radius 2 is 2.06 bits per heavy atom. The van der Waals surface area contributed by atoms with Gasteiger partial charge in [-0.3, -0.25) is 4.79 Å². The van der Waals surface area contributed by atoms with Crippen LogP contribution in [0.5, 0.6) is 0 Å². The molecule has 0 spiro atoms. The molecule has 0 aromatic carbocycles.